The first kappa shape index (κ1) is 11.8. The Morgan fingerprint density at radius 2 is 2.39 bits per heavy atom. The second-order valence-electron chi connectivity index (χ2n) is 3.48. The quantitative estimate of drug-likeness (QED) is 0.497. The van der Waals surface area contributed by atoms with Crippen LogP contribution < -0.4 is 5.43 Å². The Labute approximate surface area is 102 Å². The molecule has 0 saturated carbocycles. The number of furan rings is 1. The summed E-state index contributed by atoms with van der Waals surface area (Å²) >= 11 is 0. The second-order valence-corrected chi connectivity index (χ2v) is 3.48. The van der Waals surface area contributed by atoms with E-state index in [0.717, 1.165) is 0 Å². The number of hydrogen-bond acceptors (Lipinski definition) is 6. The van der Waals surface area contributed by atoms with Crippen LogP contribution in [0.25, 0.3) is 11.5 Å². The largest absolute Gasteiger partial charge is 0.433 e. The third-order valence-corrected chi connectivity index (χ3v) is 2.19. The normalized spacial score (nSPS) is 11.0. The van der Waals surface area contributed by atoms with Crippen LogP contribution in [0.15, 0.2) is 27.8 Å². The summed E-state index contributed by atoms with van der Waals surface area (Å²) < 4.78 is 6.69. The smallest absolute Gasteiger partial charge is 0.399 e. The molecule has 18 heavy (non-hydrogen) atoms. The Morgan fingerprint density at radius 1 is 1.61 bits per heavy atom. The summed E-state index contributed by atoms with van der Waals surface area (Å²) in [7, 11) is 3.42. The fourth-order valence-corrected chi connectivity index (χ4v) is 1.48. The molecule has 94 valence electrons. The molecule has 0 saturated heterocycles. The fraction of sp³-hybridized carbons (Fsp3) is 0.200. The maximum absolute atomic E-state index is 10.6. The first-order valence-corrected chi connectivity index (χ1v) is 5.10. The van der Waals surface area contributed by atoms with Gasteiger partial charge in [-0.1, -0.05) is 0 Å². The highest BCUT2D eigenvalue weighted by molar-refractivity contribution is 5.87. The Kier molecular flexibility index (Phi) is 3.09. The maximum Gasteiger partial charge on any atom is 0.433 e. The van der Waals surface area contributed by atoms with E-state index in [-0.39, 0.29) is 5.88 Å². The molecule has 0 aromatic carbocycles. The van der Waals surface area contributed by atoms with Crippen molar-refractivity contribution in [3.05, 3.63) is 34.0 Å². The van der Waals surface area contributed by atoms with Crippen molar-refractivity contribution in [2.45, 2.75) is 0 Å². The van der Waals surface area contributed by atoms with Gasteiger partial charge in [-0.2, -0.15) is 10.2 Å². The van der Waals surface area contributed by atoms with Crippen LogP contribution >= 0.6 is 0 Å². The molecule has 0 fully saturated rings. The Hall–Kier alpha value is -2.64. The van der Waals surface area contributed by atoms with Crippen LogP contribution in [-0.2, 0) is 7.05 Å². The molecule has 0 aliphatic carbocycles. The molecular weight excluding hydrogens is 238 g/mol. The molecule has 0 amide bonds. The average molecular weight is 249 g/mol. The first-order chi connectivity index (χ1) is 8.61. The maximum atomic E-state index is 10.6. The summed E-state index contributed by atoms with van der Waals surface area (Å²) in [5.74, 6) is 0.0204. The summed E-state index contributed by atoms with van der Waals surface area (Å²) in [4.78, 5) is 9.97. The van der Waals surface area contributed by atoms with Crippen LogP contribution in [0, 0.1) is 10.1 Å². The lowest BCUT2D eigenvalue weighted by molar-refractivity contribution is -0.401. The Morgan fingerprint density at radius 3 is 3.00 bits per heavy atom. The van der Waals surface area contributed by atoms with Gasteiger partial charge in [-0.15, -0.1) is 0 Å². The van der Waals surface area contributed by atoms with Gasteiger partial charge < -0.3 is 9.84 Å². The van der Waals surface area contributed by atoms with Gasteiger partial charge in [-0.3, -0.25) is 14.8 Å². The molecule has 0 radical (unpaired) electrons. The van der Waals surface area contributed by atoms with Crippen LogP contribution in [0.4, 0.5) is 5.88 Å². The van der Waals surface area contributed by atoms with Crippen molar-refractivity contribution < 1.29 is 9.34 Å². The summed E-state index contributed by atoms with van der Waals surface area (Å²) in [6.45, 7) is 0. The van der Waals surface area contributed by atoms with Gasteiger partial charge in [0.25, 0.3) is 0 Å². The van der Waals surface area contributed by atoms with Gasteiger partial charge in [0.15, 0.2) is 5.76 Å². The number of aromatic nitrogens is 2. The van der Waals surface area contributed by atoms with Crippen LogP contribution in [0.5, 0.6) is 0 Å². The molecule has 8 nitrogen and oxygen atoms in total. The Bertz CT molecular complexity index is 598. The fourth-order valence-electron chi connectivity index (χ4n) is 1.48. The number of nitro groups is 1. The topological polar surface area (TPSA) is 98.5 Å². The third kappa shape index (κ3) is 2.21. The predicted molar refractivity (Wildman–Crippen MR) is 64.2 cm³/mol. The van der Waals surface area contributed by atoms with E-state index < -0.39 is 4.92 Å². The van der Waals surface area contributed by atoms with E-state index in [9.17, 15) is 10.1 Å². The summed E-state index contributed by atoms with van der Waals surface area (Å²) in [5, 5.41) is 18.6. The minimum atomic E-state index is -0.589. The summed E-state index contributed by atoms with van der Waals surface area (Å²) in [5.41, 5.74) is 3.83. The molecule has 1 N–H and O–H groups in total. The van der Waals surface area contributed by atoms with E-state index in [4.69, 9.17) is 4.42 Å². The van der Waals surface area contributed by atoms with Gasteiger partial charge in [0, 0.05) is 25.9 Å². The number of hydrogen-bond donors (Lipinski definition) is 1. The first-order valence-electron chi connectivity index (χ1n) is 5.10. The van der Waals surface area contributed by atoms with Gasteiger partial charge >= 0.3 is 5.88 Å². The predicted octanol–water partition coefficient (Wildman–Crippen LogP) is 1.14. The zero-order valence-corrected chi connectivity index (χ0v) is 9.82. The lowest BCUT2D eigenvalue weighted by Gasteiger charge is -1.92. The van der Waals surface area contributed by atoms with Crippen molar-refractivity contribution >= 4 is 12.1 Å². The van der Waals surface area contributed by atoms with E-state index in [0.29, 0.717) is 17.0 Å². The molecule has 0 spiro atoms. The highest BCUT2D eigenvalue weighted by atomic mass is 16.6. The third-order valence-electron chi connectivity index (χ3n) is 2.19. The number of nitrogens with zero attached hydrogens (tertiary/aromatic N) is 4. The van der Waals surface area contributed by atoms with E-state index in [1.54, 1.807) is 31.2 Å². The lowest BCUT2D eigenvalue weighted by atomic mass is 10.2. The van der Waals surface area contributed by atoms with Crippen molar-refractivity contribution in [1.29, 1.82) is 0 Å². The van der Waals surface area contributed by atoms with E-state index in [2.05, 4.69) is 15.6 Å². The van der Waals surface area contributed by atoms with Gasteiger partial charge in [-0.05, 0) is 6.07 Å². The van der Waals surface area contributed by atoms with Crippen molar-refractivity contribution in [2.24, 2.45) is 12.1 Å². The molecule has 2 aromatic rings. The van der Waals surface area contributed by atoms with Crippen LogP contribution in [0.2, 0.25) is 0 Å². The van der Waals surface area contributed by atoms with E-state index >= 15 is 0 Å². The van der Waals surface area contributed by atoms with E-state index in [1.807, 2.05) is 0 Å². The second kappa shape index (κ2) is 4.70. The summed E-state index contributed by atoms with van der Waals surface area (Å²) in [6, 6.07) is 2.81. The zero-order valence-electron chi connectivity index (χ0n) is 9.82. The molecule has 8 heteroatoms. The van der Waals surface area contributed by atoms with Gasteiger partial charge in [0.05, 0.1) is 12.3 Å². The Balaban J connectivity index is 2.42. The highest BCUT2D eigenvalue weighted by Crippen LogP contribution is 2.26. The zero-order chi connectivity index (χ0) is 13.1. The SMILES string of the molecule is CN/N=C/c1cn(C)nc1-c1ccc([N+](=O)[O-])o1. The molecule has 0 aliphatic rings. The van der Waals surface area contributed by atoms with Crippen LogP contribution in [0.1, 0.15) is 5.56 Å². The average Bonchev–Trinajstić information content (AvgIpc) is 2.92. The van der Waals surface area contributed by atoms with Crippen LogP contribution in [0.3, 0.4) is 0 Å². The molecule has 2 aromatic heterocycles. The van der Waals surface area contributed by atoms with Crippen molar-refractivity contribution in [2.75, 3.05) is 7.05 Å². The van der Waals surface area contributed by atoms with Crippen molar-refractivity contribution in [3.8, 4) is 11.5 Å². The molecule has 0 aliphatic heterocycles. The monoisotopic (exact) mass is 249 g/mol. The number of aryl methyl sites for hydroxylation is 1. The number of hydrazone groups is 1. The van der Waals surface area contributed by atoms with Gasteiger partial charge in [-0.25, -0.2) is 0 Å². The molecule has 0 atom stereocenters. The molecule has 2 heterocycles. The summed E-state index contributed by atoms with van der Waals surface area (Å²) in [6.07, 6.45) is 3.31. The lowest BCUT2D eigenvalue weighted by Crippen LogP contribution is -1.94. The minimum absolute atomic E-state index is 0.313. The minimum Gasteiger partial charge on any atom is -0.399 e. The van der Waals surface area contributed by atoms with E-state index in [1.165, 1.54) is 12.1 Å². The van der Waals surface area contributed by atoms with Crippen molar-refractivity contribution in [3.63, 3.8) is 0 Å². The number of nitrogens with one attached hydrogen (secondary N) is 1. The number of rotatable bonds is 4. The highest BCUT2D eigenvalue weighted by Gasteiger charge is 2.17. The van der Waals surface area contributed by atoms with Crippen molar-refractivity contribution in [1.82, 2.24) is 15.2 Å². The molecule has 0 bridgehead atoms. The van der Waals surface area contributed by atoms with Gasteiger partial charge in [0.2, 0.25) is 0 Å². The molecular formula is C10H11N5O3. The van der Waals surface area contributed by atoms with Crippen LogP contribution in [-0.4, -0.2) is 28.0 Å². The standard InChI is InChI=1S/C10H11N5O3/c1-11-12-5-7-6-14(2)13-10(7)8-3-4-9(18-8)15(16)17/h3-6,11H,1-2H3/b12-5+. The molecule has 0 unspecified atom stereocenters. The molecule has 2 rings (SSSR count). The van der Waals surface area contributed by atoms with Gasteiger partial charge in [0.1, 0.15) is 10.6 Å².